The Labute approximate surface area is 121 Å². The summed E-state index contributed by atoms with van der Waals surface area (Å²) < 4.78 is 13.8. The molecule has 1 unspecified atom stereocenters. The second-order valence-electron chi connectivity index (χ2n) is 4.45. The zero-order chi connectivity index (χ0) is 14.7. The topological polar surface area (TPSA) is 49.3 Å². The summed E-state index contributed by atoms with van der Waals surface area (Å²) in [6.07, 6.45) is 0. The molecule has 0 radical (unpaired) electrons. The van der Waals surface area contributed by atoms with Crippen LogP contribution in [0.15, 0.2) is 42.5 Å². The van der Waals surface area contributed by atoms with Crippen molar-refractivity contribution in [2.75, 3.05) is 5.32 Å². The van der Waals surface area contributed by atoms with Crippen LogP contribution in [0.1, 0.15) is 17.2 Å². The molecule has 0 aliphatic carbocycles. The molecule has 0 spiro atoms. The molecule has 2 aromatic rings. The highest BCUT2D eigenvalue weighted by atomic mass is 35.5. The summed E-state index contributed by atoms with van der Waals surface area (Å²) in [6.45, 7) is 1.78. The van der Waals surface area contributed by atoms with Crippen LogP contribution >= 0.6 is 11.6 Å². The Morgan fingerprint density at radius 1 is 1.30 bits per heavy atom. The van der Waals surface area contributed by atoms with Gasteiger partial charge in [0.15, 0.2) is 6.04 Å². The molecule has 1 atom stereocenters. The van der Waals surface area contributed by atoms with Gasteiger partial charge in [-0.15, -0.1) is 0 Å². The number of aryl methyl sites for hydroxylation is 1. The van der Waals surface area contributed by atoms with Gasteiger partial charge in [-0.05, 0) is 31.2 Å². The number of rotatable bonds is 4. The average molecular weight is 294 g/mol. The molecule has 3 nitrogen and oxygen atoms in total. The maximum Gasteiger partial charge on any atom is 0.330 e. The standard InChI is InChI=1S/C15H13ClFNO2/c1-9-5-6-13(17)12(7-9)14(15(19)20)18-11-4-2-3-10(16)8-11/h2-8,14,18H,1H3,(H,19,20). The molecule has 2 rings (SSSR count). The Morgan fingerprint density at radius 3 is 2.70 bits per heavy atom. The molecule has 2 N–H and O–H groups in total. The first-order valence-electron chi connectivity index (χ1n) is 5.98. The van der Waals surface area contributed by atoms with Crippen molar-refractivity contribution in [1.29, 1.82) is 0 Å². The molecule has 104 valence electrons. The normalized spacial score (nSPS) is 11.9. The number of aliphatic carboxylic acids is 1. The van der Waals surface area contributed by atoms with E-state index in [1.807, 2.05) is 0 Å². The Bertz CT molecular complexity index is 646. The largest absolute Gasteiger partial charge is 0.479 e. The van der Waals surface area contributed by atoms with Crippen LogP contribution in [0.3, 0.4) is 0 Å². The molecule has 5 heteroatoms. The van der Waals surface area contributed by atoms with Gasteiger partial charge in [0.2, 0.25) is 0 Å². The highest BCUT2D eigenvalue weighted by molar-refractivity contribution is 6.30. The van der Waals surface area contributed by atoms with Crippen molar-refractivity contribution in [2.24, 2.45) is 0 Å². The number of anilines is 1. The van der Waals surface area contributed by atoms with E-state index in [0.717, 1.165) is 5.56 Å². The van der Waals surface area contributed by atoms with Crippen LogP contribution in [0.4, 0.5) is 10.1 Å². The fourth-order valence-corrected chi connectivity index (χ4v) is 2.09. The third-order valence-corrected chi connectivity index (χ3v) is 3.08. The van der Waals surface area contributed by atoms with Crippen LogP contribution in [0.25, 0.3) is 0 Å². The summed E-state index contributed by atoms with van der Waals surface area (Å²) in [4.78, 5) is 11.4. The van der Waals surface area contributed by atoms with Crippen LogP contribution < -0.4 is 5.32 Å². The minimum atomic E-state index is -1.17. The van der Waals surface area contributed by atoms with Gasteiger partial charge in [0.1, 0.15) is 5.82 Å². The quantitative estimate of drug-likeness (QED) is 0.895. The van der Waals surface area contributed by atoms with Gasteiger partial charge in [-0.2, -0.15) is 0 Å². The second kappa shape index (κ2) is 5.92. The monoisotopic (exact) mass is 293 g/mol. The average Bonchev–Trinajstić information content (AvgIpc) is 2.39. The summed E-state index contributed by atoms with van der Waals surface area (Å²) in [5.74, 6) is -1.72. The molecule has 0 saturated heterocycles. The van der Waals surface area contributed by atoms with E-state index in [4.69, 9.17) is 11.6 Å². The second-order valence-corrected chi connectivity index (χ2v) is 4.89. The predicted molar refractivity (Wildman–Crippen MR) is 76.6 cm³/mol. The van der Waals surface area contributed by atoms with E-state index in [2.05, 4.69) is 5.32 Å². The van der Waals surface area contributed by atoms with Gasteiger partial charge >= 0.3 is 5.97 Å². The number of carboxylic acid groups (broad SMARTS) is 1. The van der Waals surface area contributed by atoms with Gasteiger partial charge in [0, 0.05) is 16.3 Å². The van der Waals surface area contributed by atoms with Crippen LogP contribution in [-0.4, -0.2) is 11.1 Å². The molecule has 0 amide bonds. The maximum absolute atomic E-state index is 13.8. The lowest BCUT2D eigenvalue weighted by molar-refractivity contribution is -0.138. The molecule has 0 bridgehead atoms. The highest BCUT2D eigenvalue weighted by Crippen LogP contribution is 2.25. The number of hydrogen-bond acceptors (Lipinski definition) is 2. The van der Waals surface area contributed by atoms with Gasteiger partial charge in [-0.25, -0.2) is 9.18 Å². The third-order valence-electron chi connectivity index (χ3n) is 2.85. The zero-order valence-electron chi connectivity index (χ0n) is 10.7. The Balaban J connectivity index is 2.37. The first-order chi connectivity index (χ1) is 9.47. The molecular weight excluding hydrogens is 281 g/mol. The predicted octanol–water partition coefficient (Wildman–Crippen LogP) is 4.03. The van der Waals surface area contributed by atoms with E-state index in [0.29, 0.717) is 10.7 Å². The minimum absolute atomic E-state index is 0.0949. The molecule has 0 heterocycles. The Hall–Kier alpha value is -2.07. The van der Waals surface area contributed by atoms with Gasteiger partial charge in [-0.3, -0.25) is 0 Å². The van der Waals surface area contributed by atoms with Crippen LogP contribution in [0.2, 0.25) is 5.02 Å². The van der Waals surface area contributed by atoms with E-state index >= 15 is 0 Å². The van der Waals surface area contributed by atoms with Crippen molar-refractivity contribution in [3.05, 3.63) is 64.4 Å². The molecule has 0 fully saturated rings. The maximum atomic E-state index is 13.8. The van der Waals surface area contributed by atoms with Crippen molar-refractivity contribution in [2.45, 2.75) is 13.0 Å². The van der Waals surface area contributed by atoms with E-state index in [-0.39, 0.29) is 5.56 Å². The zero-order valence-corrected chi connectivity index (χ0v) is 11.5. The first-order valence-corrected chi connectivity index (χ1v) is 6.36. The van der Waals surface area contributed by atoms with Crippen molar-refractivity contribution < 1.29 is 14.3 Å². The Kier molecular flexibility index (Phi) is 4.25. The number of nitrogens with one attached hydrogen (secondary N) is 1. The number of hydrogen-bond donors (Lipinski definition) is 2. The summed E-state index contributed by atoms with van der Waals surface area (Å²) >= 11 is 5.85. The molecule has 0 aliphatic rings. The lowest BCUT2D eigenvalue weighted by Crippen LogP contribution is -2.21. The SMILES string of the molecule is Cc1ccc(F)c(C(Nc2cccc(Cl)c2)C(=O)O)c1. The van der Waals surface area contributed by atoms with E-state index in [1.54, 1.807) is 37.3 Å². The lowest BCUT2D eigenvalue weighted by Gasteiger charge is -2.17. The van der Waals surface area contributed by atoms with Crippen molar-refractivity contribution in [1.82, 2.24) is 0 Å². The lowest BCUT2D eigenvalue weighted by atomic mass is 10.0. The van der Waals surface area contributed by atoms with Gasteiger partial charge in [0.25, 0.3) is 0 Å². The van der Waals surface area contributed by atoms with Gasteiger partial charge < -0.3 is 10.4 Å². The van der Waals surface area contributed by atoms with Gasteiger partial charge in [-0.1, -0.05) is 35.4 Å². The summed E-state index contributed by atoms with van der Waals surface area (Å²) in [5.41, 5.74) is 1.41. The van der Waals surface area contributed by atoms with E-state index < -0.39 is 17.8 Å². The highest BCUT2D eigenvalue weighted by Gasteiger charge is 2.23. The third kappa shape index (κ3) is 3.27. The molecule has 0 aromatic heterocycles. The smallest absolute Gasteiger partial charge is 0.330 e. The van der Waals surface area contributed by atoms with Crippen LogP contribution in [0, 0.1) is 12.7 Å². The number of benzene rings is 2. The number of carbonyl (C=O) groups is 1. The van der Waals surface area contributed by atoms with Crippen LogP contribution in [-0.2, 0) is 4.79 Å². The van der Waals surface area contributed by atoms with Crippen molar-refractivity contribution in [3.63, 3.8) is 0 Å². The fourth-order valence-electron chi connectivity index (χ4n) is 1.90. The van der Waals surface area contributed by atoms with Crippen LogP contribution in [0.5, 0.6) is 0 Å². The van der Waals surface area contributed by atoms with E-state index in [9.17, 15) is 14.3 Å². The molecule has 0 saturated carbocycles. The fraction of sp³-hybridized carbons (Fsp3) is 0.133. The molecule has 2 aromatic carbocycles. The van der Waals surface area contributed by atoms with Gasteiger partial charge in [0.05, 0.1) is 0 Å². The minimum Gasteiger partial charge on any atom is -0.479 e. The summed E-state index contributed by atoms with van der Waals surface area (Å²) in [6, 6.07) is 9.84. The first kappa shape index (κ1) is 14.3. The van der Waals surface area contributed by atoms with E-state index in [1.165, 1.54) is 12.1 Å². The molecule has 0 aliphatic heterocycles. The molecular formula is C15H13ClFNO2. The number of carboxylic acids is 1. The summed E-state index contributed by atoms with van der Waals surface area (Å²) in [5, 5.41) is 12.6. The molecule has 20 heavy (non-hydrogen) atoms. The van der Waals surface area contributed by atoms with Crippen molar-refractivity contribution in [3.8, 4) is 0 Å². The Morgan fingerprint density at radius 2 is 2.05 bits per heavy atom. The number of halogens is 2. The summed E-state index contributed by atoms with van der Waals surface area (Å²) in [7, 11) is 0. The van der Waals surface area contributed by atoms with Crippen molar-refractivity contribution >= 4 is 23.3 Å².